The number of ether oxygens (including phenoxy) is 1. The fraction of sp³-hybridized carbons (Fsp3) is 0.360. The van der Waals surface area contributed by atoms with Gasteiger partial charge in [0.15, 0.2) is 18.2 Å². The highest BCUT2D eigenvalue weighted by Crippen LogP contribution is 2.25. The Kier molecular flexibility index (Phi) is 9.43. The number of halogens is 2. The average molecular weight is 531 g/mol. The SMILES string of the molecule is Cl.Cl.N#Cc1ccc2nccc(CCN3CCC(NCc4ccc5c(n4)NC(=O)CO5)C(O)C3)c2c1. The quantitative estimate of drug-likeness (QED) is 0.444. The van der Waals surface area contributed by atoms with Gasteiger partial charge in [0.05, 0.1) is 28.9 Å². The van der Waals surface area contributed by atoms with E-state index in [2.05, 4.69) is 31.6 Å². The molecule has 36 heavy (non-hydrogen) atoms. The molecule has 4 heterocycles. The van der Waals surface area contributed by atoms with E-state index in [1.165, 1.54) is 0 Å². The molecule has 3 aromatic rings. The molecule has 0 bridgehead atoms. The molecule has 0 aliphatic carbocycles. The molecule has 1 saturated heterocycles. The molecule has 2 aromatic heterocycles. The Hall–Kier alpha value is -3.00. The lowest BCUT2D eigenvalue weighted by molar-refractivity contribution is -0.118. The van der Waals surface area contributed by atoms with Crippen LogP contribution in [-0.4, -0.2) is 64.3 Å². The number of nitriles is 1. The molecule has 5 rings (SSSR count). The van der Waals surface area contributed by atoms with Gasteiger partial charge in [0.2, 0.25) is 0 Å². The van der Waals surface area contributed by atoms with E-state index in [0.29, 0.717) is 30.2 Å². The lowest BCUT2D eigenvalue weighted by atomic mass is 10.00. The van der Waals surface area contributed by atoms with Gasteiger partial charge in [-0.3, -0.25) is 9.78 Å². The number of aliphatic hydroxyl groups excluding tert-OH is 1. The Morgan fingerprint density at radius 3 is 2.92 bits per heavy atom. The summed E-state index contributed by atoms with van der Waals surface area (Å²) in [6.45, 7) is 2.80. The zero-order chi connectivity index (χ0) is 23.5. The molecule has 190 valence electrons. The van der Waals surface area contributed by atoms with Crippen molar-refractivity contribution >= 4 is 47.4 Å². The summed E-state index contributed by atoms with van der Waals surface area (Å²) in [5.41, 5.74) is 3.46. The summed E-state index contributed by atoms with van der Waals surface area (Å²) < 4.78 is 5.35. The topological polar surface area (TPSA) is 123 Å². The number of amides is 1. The number of β-amino-alcohol motifs (C(OH)–C–C–N with tert-alkyl or cyclic N) is 1. The van der Waals surface area contributed by atoms with Gasteiger partial charge in [0.1, 0.15) is 0 Å². The van der Waals surface area contributed by atoms with Crippen LogP contribution < -0.4 is 15.4 Å². The van der Waals surface area contributed by atoms with Gasteiger partial charge in [0, 0.05) is 37.3 Å². The maximum absolute atomic E-state index is 11.5. The maximum atomic E-state index is 11.5. The Morgan fingerprint density at radius 2 is 2.11 bits per heavy atom. The van der Waals surface area contributed by atoms with Crippen molar-refractivity contribution < 1.29 is 14.6 Å². The van der Waals surface area contributed by atoms with Crippen molar-refractivity contribution in [2.75, 3.05) is 31.6 Å². The van der Waals surface area contributed by atoms with Crippen LogP contribution in [0.4, 0.5) is 5.82 Å². The number of nitrogens with zero attached hydrogens (tertiary/aromatic N) is 4. The van der Waals surface area contributed by atoms with E-state index in [4.69, 9.17) is 4.74 Å². The molecule has 2 aliphatic heterocycles. The van der Waals surface area contributed by atoms with Crippen LogP contribution in [-0.2, 0) is 17.8 Å². The van der Waals surface area contributed by atoms with Crippen molar-refractivity contribution in [2.45, 2.75) is 31.5 Å². The first-order chi connectivity index (χ1) is 16.6. The van der Waals surface area contributed by atoms with Gasteiger partial charge >= 0.3 is 0 Å². The first-order valence-electron chi connectivity index (χ1n) is 11.4. The number of piperidine rings is 1. The van der Waals surface area contributed by atoms with Crippen LogP contribution in [0.1, 0.15) is 23.2 Å². The number of hydrogen-bond donors (Lipinski definition) is 3. The molecule has 0 radical (unpaired) electrons. The number of nitrogens with one attached hydrogen (secondary N) is 2. The molecular formula is C25H28Cl2N6O3. The average Bonchev–Trinajstić information content (AvgIpc) is 2.86. The predicted molar refractivity (Wildman–Crippen MR) is 141 cm³/mol. The molecule has 1 fully saturated rings. The number of anilines is 1. The molecule has 2 aliphatic rings. The fourth-order valence-electron chi connectivity index (χ4n) is 4.55. The van der Waals surface area contributed by atoms with Crippen LogP contribution in [0.3, 0.4) is 0 Å². The van der Waals surface area contributed by atoms with Crippen molar-refractivity contribution in [3.05, 3.63) is 59.4 Å². The summed E-state index contributed by atoms with van der Waals surface area (Å²) in [6, 6.07) is 13.4. The minimum absolute atomic E-state index is 0. The highest BCUT2D eigenvalue weighted by molar-refractivity contribution is 5.94. The third-order valence-electron chi connectivity index (χ3n) is 6.40. The lowest BCUT2D eigenvalue weighted by Crippen LogP contribution is -2.52. The van der Waals surface area contributed by atoms with E-state index in [0.717, 1.165) is 48.1 Å². The van der Waals surface area contributed by atoms with Gasteiger partial charge in [-0.2, -0.15) is 5.26 Å². The van der Waals surface area contributed by atoms with Crippen LogP contribution in [0.25, 0.3) is 10.9 Å². The van der Waals surface area contributed by atoms with Gasteiger partial charge < -0.3 is 25.4 Å². The predicted octanol–water partition coefficient (Wildman–Crippen LogP) is 2.44. The van der Waals surface area contributed by atoms with Gasteiger partial charge in [-0.25, -0.2) is 4.98 Å². The number of hydrogen-bond acceptors (Lipinski definition) is 8. The Bertz CT molecular complexity index is 1270. The van der Waals surface area contributed by atoms with Gasteiger partial charge in [-0.15, -0.1) is 24.8 Å². The third kappa shape index (κ3) is 6.22. The van der Waals surface area contributed by atoms with Crippen LogP contribution >= 0.6 is 24.8 Å². The van der Waals surface area contributed by atoms with Crippen molar-refractivity contribution in [3.63, 3.8) is 0 Å². The second-order valence-electron chi connectivity index (χ2n) is 8.69. The van der Waals surface area contributed by atoms with Gasteiger partial charge in [-0.1, -0.05) is 0 Å². The molecule has 11 heteroatoms. The molecule has 2 unspecified atom stereocenters. The summed E-state index contributed by atoms with van der Waals surface area (Å²) in [5, 5.41) is 27.1. The minimum atomic E-state index is -0.492. The molecule has 1 aromatic carbocycles. The number of aliphatic hydroxyl groups is 1. The Morgan fingerprint density at radius 1 is 1.25 bits per heavy atom. The van der Waals surface area contributed by atoms with Crippen molar-refractivity contribution in [2.24, 2.45) is 0 Å². The van der Waals surface area contributed by atoms with Crippen LogP contribution in [0, 0.1) is 11.3 Å². The van der Waals surface area contributed by atoms with E-state index >= 15 is 0 Å². The molecule has 2 atom stereocenters. The number of fused-ring (bicyclic) bond motifs is 2. The van der Waals surface area contributed by atoms with E-state index in [1.807, 2.05) is 24.3 Å². The standard InChI is InChI=1S/C25H26N6O3.2ClH/c26-12-16-1-3-20-19(11-16)17(5-8-27-20)6-9-31-10-7-21(22(32)14-31)28-13-18-2-4-23-25(29-18)30-24(33)15-34-23;;/h1-5,8,11,21-22,28,32H,6-7,9-10,13-15H2,(H,29,30,33);2*1H. The highest BCUT2D eigenvalue weighted by atomic mass is 35.5. The zero-order valence-corrected chi connectivity index (χ0v) is 21.1. The second kappa shape index (κ2) is 12.3. The second-order valence-corrected chi connectivity index (χ2v) is 8.69. The highest BCUT2D eigenvalue weighted by Gasteiger charge is 2.27. The van der Waals surface area contributed by atoms with Crippen molar-refractivity contribution in [1.82, 2.24) is 20.2 Å². The first-order valence-corrected chi connectivity index (χ1v) is 11.4. The number of aromatic nitrogens is 2. The Balaban J connectivity index is 0.00000180. The van der Waals surface area contributed by atoms with Gasteiger partial charge in [-0.05, 0) is 61.3 Å². The maximum Gasteiger partial charge on any atom is 0.263 e. The zero-order valence-electron chi connectivity index (χ0n) is 19.5. The smallest absolute Gasteiger partial charge is 0.263 e. The molecule has 0 spiro atoms. The van der Waals surface area contributed by atoms with Crippen molar-refractivity contribution in [3.8, 4) is 11.8 Å². The summed E-state index contributed by atoms with van der Waals surface area (Å²) in [4.78, 5) is 22.6. The number of benzene rings is 1. The summed E-state index contributed by atoms with van der Waals surface area (Å²) in [6.07, 6.45) is 2.96. The van der Waals surface area contributed by atoms with Crippen LogP contribution in [0.15, 0.2) is 42.6 Å². The number of pyridine rings is 2. The summed E-state index contributed by atoms with van der Waals surface area (Å²) in [7, 11) is 0. The summed E-state index contributed by atoms with van der Waals surface area (Å²) in [5.74, 6) is 0.803. The third-order valence-corrected chi connectivity index (χ3v) is 6.40. The number of rotatable bonds is 6. The number of likely N-dealkylation sites (tertiary alicyclic amines) is 1. The monoisotopic (exact) mass is 530 g/mol. The summed E-state index contributed by atoms with van der Waals surface area (Å²) >= 11 is 0. The minimum Gasteiger partial charge on any atom is -0.480 e. The van der Waals surface area contributed by atoms with E-state index < -0.39 is 6.10 Å². The first kappa shape index (κ1) is 27.6. The Labute approximate surface area is 221 Å². The lowest BCUT2D eigenvalue weighted by Gasteiger charge is -2.36. The van der Waals surface area contributed by atoms with E-state index in [-0.39, 0.29) is 43.4 Å². The van der Waals surface area contributed by atoms with Crippen LogP contribution in [0.2, 0.25) is 0 Å². The number of carbonyl (C=O) groups excluding carboxylic acids is 1. The largest absolute Gasteiger partial charge is 0.480 e. The number of carbonyl (C=O) groups is 1. The van der Waals surface area contributed by atoms with E-state index in [1.54, 1.807) is 18.3 Å². The molecule has 0 saturated carbocycles. The molecule has 3 N–H and O–H groups in total. The molecule has 9 nitrogen and oxygen atoms in total. The van der Waals surface area contributed by atoms with Gasteiger partial charge in [0.25, 0.3) is 5.91 Å². The van der Waals surface area contributed by atoms with Crippen LogP contribution in [0.5, 0.6) is 5.75 Å². The molecule has 1 amide bonds. The fourth-order valence-corrected chi connectivity index (χ4v) is 4.55. The van der Waals surface area contributed by atoms with Crippen molar-refractivity contribution in [1.29, 1.82) is 5.26 Å². The molecular weight excluding hydrogens is 503 g/mol. The normalized spacial score (nSPS) is 19.2. The van der Waals surface area contributed by atoms with E-state index in [9.17, 15) is 15.2 Å².